The number of halogens is 2. The maximum Gasteiger partial charge on any atom is 0.387 e. The molecule has 90 valence electrons. The number of ether oxygens (including phenoxy) is 1. The van der Waals surface area contributed by atoms with Crippen LogP contribution in [0.5, 0.6) is 5.75 Å². The van der Waals surface area contributed by atoms with Crippen LogP contribution in [0.25, 0.3) is 0 Å². The van der Waals surface area contributed by atoms with Crippen molar-refractivity contribution in [1.82, 2.24) is 0 Å². The van der Waals surface area contributed by atoms with E-state index in [-0.39, 0.29) is 17.9 Å². The fourth-order valence-corrected chi connectivity index (χ4v) is 1.23. The van der Waals surface area contributed by atoms with Crippen LogP contribution in [0.2, 0.25) is 0 Å². The molecular formula is C10H13F2NO3. The third-order valence-electron chi connectivity index (χ3n) is 2.03. The molecule has 1 aromatic rings. The quantitative estimate of drug-likeness (QED) is 0.697. The van der Waals surface area contributed by atoms with E-state index in [1.54, 1.807) is 0 Å². The van der Waals surface area contributed by atoms with Gasteiger partial charge in [0.05, 0.1) is 6.10 Å². The molecule has 0 saturated heterocycles. The van der Waals surface area contributed by atoms with E-state index in [9.17, 15) is 19.0 Å². The van der Waals surface area contributed by atoms with Crippen molar-refractivity contribution in [3.63, 3.8) is 0 Å². The van der Waals surface area contributed by atoms with Crippen LogP contribution >= 0.6 is 0 Å². The molecule has 4 N–H and O–H groups in total. The van der Waals surface area contributed by atoms with Gasteiger partial charge in [-0.2, -0.15) is 8.78 Å². The lowest BCUT2D eigenvalue weighted by Crippen LogP contribution is -2.27. The number of aliphatic hydroxyl groups excluding tert-OH is 2. The molecule has 0 fully saturated rings. The average molecular weight is 233 g/mol. The van der Waals surface area contributed by atoms with Crippen molar-refractivity contribution in [2.24, 2.45) is 5.73 Å². The maximum atomic E-state index is 11.9. The van der Waals surface area contributed by atoms with Crippen molar-refractivity contribution in [2.75, 3.05) is 6.54 Å². The monoisotopic (exact) mass is 233 g/mol. The summed E-state index contributed by atoms with van der Waals surface area (Å²) < 4.78 is 28.0. The summed E-state index contributed by atoms with van der Waals surface area (Å²) in [6.45, 7) is -3.05. The van der Waals surface area contributed by atoms with E-state index >= 15 is 0 Å². The molecule has 0 aliphatic heterocycles. The summed E-state index contributed by atoms with van der Waals surface area (Å²) in [5.41, 5.74) is 5.44. The van der Waals surface area contributed by atoms with Crippen molar-refractivity contribution >= 4 is 0 Å². The summed E-state index contributed by atoms with van der Waals surface area (Å²) in [6.07, 6.45) is -2.35. The van der Waals surface area contributed by atoms with Gasteiger partial charge in [-0.05, 0) is 17.7 Å². The number of hydrogen-bond acceptors (Lipinski definition) is 4. The molecule has 4 nitrogen and oxygen atoms in total. The van der Waals surface area contributed by atoms with E-state index in [0.29, 0.717) is 0 Å². The van der Waals surface area contributed by atoms with Crippen LogP contribution < -0.4 is 10.5 Å². The summed E-state index contributed by atoms with van der Waals surface area (Å²) in [4.78, 5) is 0. The van der Waals surface area contributed by atoms with E-state index in [4.69, 9.17) is 5.73 Å². The van der Waals surface area contributed by atoms with E-state index in [1.807, 2.05) is 0 Å². The Hall–Kier alpha value is -1.24. The maximum absolute atomic E-state index is 11.9. The summed E-state index contributed by atoms with van der Waals surface area (Å²) in [5, 5.41) is 18.9. The predicted molar refractivity (Wildman–Crippen MR) is 53.1 cm³/mol. The van der Waals surface area contributed by atoms with Crippen molar-refractivity contribution in [1.29, 1.82) is 0 Å². The molecule has 16 heavy (non-hydrogen) atoms. The van der Waals surface area contributed by atoms with Crippen molar-refractivity contribution in [2.45, 2.75) is 18.8 Å². The third-order valence-corrected chi connectivity index (χ3v) is 2.03. The summed E-state index contributed by atoms with van der Waals surface area (Å²) >= 11 is 0. The first-order chi connectivity index (χ1) is 7.54. The van der Waals surface area contributed by atoms with Gasteiger partial charge >= 0.3 is 6.61 Å². The number of nitrogens with two attached hydrogens (primary N) is 1. The lowest BCUT2D eigenvalue weighted by Gasteiger charge is -2.17. The van der Waals surface area contributed by atoms with E-state index in [0.717, 1.165) is 0 Å². The third kappa shape index (κ3) is 3.41. The molecule has 0 heterocycles. The Labute approximate surface area is 91.3 Å². The minimum Gasteiger partial charge on any atom is -0.435 e. The van der Waals surface area contributed by atoms with Crippen LogP contribution in [0, 0.1) is 0 Å². The Morgan fingerprint density at radius 3 is 2.56 bits per heavy atom. The summed E-state index contributed by atoms with van der Waals surface area (Å²) in [5.74, 6) is -0.0734. The first-order valence-corrected chi connectivity index (χ1v) is 4.65. The van der Waals surface area contributed by atoms with Crippen molar-refractivity contribution in [3.05, 3.63) is 29.8 Å². The highest BCUT2D eigenvalue weighted by Crippen LogP contribution is 2.22. The second-order valence-corrected chi connectivity index (χ2v) is 3.20. The predicted octanol–water partition coefficient (Wildman–Crippen LogP) is 0.641. The van der Waals surface area contributed by atoms with E-state index < -0.39 is 18.8 Å². The molecule has 0 spiro atoms. The molecule has 2 unspecified atom stereocenters. The average Bonchev–Trinajstić information content (AvgIpc) is 2.26. The SMILES string of the molecule is NCC(O)C(O)c1cccc(OC(F)F)c1. The summed E-state index contributed by atoms with van der Waals surface area (Å²) in [7, 11) is 0. The zero-order valence-corrected chi connectivity index (χ0v) is 8.38. The van der Waals surface area contributed by atoms with Gasteiger partial charge < -0.3 is 20.7 Å². The van der Waals surface area contributed by atoms with Crippen molar-refractivity contribution in [3.8, 4) is 5.75 Å². The Kier molecular flexibility index (Phi) is 4.60. The Balaban J connectivity index is 2.81. The molecule has 0 aliphatic rings. The van der Waals surface area contributed by atoms with E-state index in [2.05, 4.69) is 4.74 Å². The van der Waals surface area contributed by atoms with Gasteiger partial charge in [0.25, 0.3) is 0 Å². The van der Waals surface area contributed by atoms with Gasteiger partial charge in [0, 0.05) is 6.54 Å². The second-order valence-electron chi connectivity index (χ2n) is 3.20. The molecular weight excluding hydrogens is 220 g/mol. The van der Waals surface area contributed by atoms with Gasteiger partial charge in [-0.1, -0.05) is 12.1 Å². The molecule has 1 aromatic carbocycles. The number of aliphatic hydroxyl groups is 2. The van der Waals surface area contributed by atoms with Crippen molar-refractivity contribution < 1.29 is 23.7 Å². The highest BCUT2D eigenvalue weighted by atomic mass is 19.3. The lowest BCUT2D eigenvalue weighted by atomic mass is 10.0. The van der Waals surface area contributed by atoms with Gasteiger partial charge in [-0.15, -0.1) is 0 Å². The minimum atomic E-state index is -2.92. The van der Waals surface area contributed by atoms with Crippen LogP contribution in [0.15, 0.2) is 24.3 Å². The van der Waals surface area contributed by atoms with Gasteiger partial charge in [-0.25, -0.2) is 0 Å². The van der Waals surface area contributed by atoms with E-state index in [1.165, 1.54) is 24.3 Å². The highest BCUT2D eigenvalue weighted by molar-refractivity contribution is 5.30. The number of benzene rings is 1. The zero-order chi connectivity index (χ0) is 12.1. The molecule has 0 aliphatic carbocycles. The Bertz CT molecular complexity index is 336. The molecule has 0 saturated carbocycles. The van der Waals surface area contributed by atoms with Crippen LogP contribution in [0.1, 0.15) is 11.7 Å². The fourth-order valence-electron chi connectivity index (χ4n) is 1.23. The second kappa shape index (κ2) is 5.74. The molecule has 0 amide bonds. The number of alkyl halides is 2. The van der Waals surface area contributed by atoms with Crippen LogP contribution in [-0.2, 0) is 0 Å². The molecule has 2 atom stereocenters. The lowest BCUT2D eigenvalue weighted by molar-refractivity contribution is -0.0501. The van der Waals surface area contributed by atoms with Gasteiger partial charge in [-0.3, -0.25) is 0 Å². The first-order valence-electron chi connectivity index (χ1n) is 4.65. The van der Waals surface area contributed by atoms with Crippen LogP contribution in [0.4, 0.5) is 8.78 Å². The normalized spacial score (nSPS) is 14.9. The zero-order valence-electron chi connectivity index (χ0n) is 8.38. The fraction of sp³-hybridized carbons (Fsp3) is 0.400. The molecule has 6 heteroatoms. The summed E-state index contributed by atoms with van der Waals surface area (Å²) in [6, 6.07) is 5.49. The molecule has 0 bridgehead atoms. The topological polar surface area (TPSA) is 75.7 Å². The molecule has 0 aromatic heterocycles. The van der Waals surface area contributed by atoms with Crippen LogP contribution in [-0.4, -0.2) is 29.5 Å². The Morgan fingerprint density at radius 1 is 1.31 bits per heavy atom. The standard InChI is InChI=1S/C10H13F2NO3/c11-10(12)16-7-3-1-2-6(4-7)9(15)8(14)5-13/h1-4,8-10,14-15H,5,13H2. The largest absolute Gasteiger partial charge is 0.435 e. The smallest absolute Gasteiger partial charge is 0.387 e. The molecule has 1 rings (SSSR count). The number of hydrogen-bond donors (Lipinski definition) is 3. The molecule has 0 radical (unpaired) electrons. The number of rotatable bonds is 5. The highest BCUT2D eigenvalue weighted by Gasteiger charge is 2.17. The van der Waals surface area contributed by atoms with Crippen LogP contribution in [0.3, 0.4) is 0 Å². The van der Waals surface area contributed by atoms with Gasteiger partial charge in [0.2, 0.25) is 0 Å². The Morgan fingerprint density at radius 2 is 2.00 bits per heavy atom. The van der Waals surface area contributed by atoms with Gasteiger partial charge in [0.1, 0.15) is 11.9 Å². The minimum absolute atomic E-state index is 0.0734. The van der Waals surface area contributed by atoms with Gasteiger partial charge in [0.15, 0.2) is 0 Å². The first kappa shape index (κ1) is 12.8.